The highest BCUT2D eigenvalue weighted by atomic mass is 35.5. The smallest absolute Gasteiger partial charge is 0.227 e. The molecule has 1 amide bonds. The molecule has 0 atom stereocenters. The van der Waals surface area contributed by atoms with Crippen LogP contribution < -0.4 is 10.1 Å². The molecule has 2 saturated heterocycles. The van der Waals surface area contributed by atoms with E-state index in [9.17, 15) is 9.90 Å². The Morgan fingerprint density at radius 3 is 2.71 bits per heavy atom. The lowest BCUT2D eigenvalue weighted by Crippen LogP contribution is -2.62. The molecule has 0 saturated carbocycles. The van der Waals surface area contributed by atoms with Crippen molar-refractivity contribution < 1.29 is 14.6 Å². The molecule has 2 heterocycles. The van der Waals surface area contributed by atoms with E-state index in [-0.39, 0.29) is 12.3 Å². The number of halogens is 1. The summed E-state index contributed by atoms with van der Waals surface area (Å²) in [6.45, 7) is 5.57. The lowest BCUT2D eigenvalue weighted by atomic mass is 9.92. The quantitative estimate of drug-likeness (QED) is 0.614. The van der Waals surface area contributed by atoms with Gasteiger partial charge in [0.2, 0.25) is 5.91 Å². The number of nitrogens with zero attached hydrogens (tertiary/aromatic N) is 1. The molecule has 5 nitrogen and oxygen atoms in total. The Morgan fingerprint density at radius 1 is 1.29 bits per heavy atom. The van der Waals surface area contributed by atoms with Crippen molar-refractivity contribution in [3.63, 3.8) is 0 Å². The molecular formula is C22H33ClN2O3. The van der Waals surface area contributed by atoms with Gasteiger partial charge in [0.25, 0.3) is 0 Å². The topological polar surface area (TPSA) is 61.8 Å². The van der Waals surface area contributed by atoms with E-state index in [1.165, 1.54) is 45.2 Å². The molecule has 0 aromatic heterocycles. The number of amides is 1. The Hall–Kier alpha value is -1.30. The number of unbranched alkanes of at least 4 members (excludes halogenated alkanes) is 2. The minimum atomic E-state index is -0.745. The number of aliphatic hydroxyl groups is 1. The fourth-order valence-corrected chi connectivity index (χ4v) is 4.30. The summed E-state index contributed by atoms with van der Waals surface area (Å²) >= 11 is 6.34. The molecule has 1 aromatic rings. The predicted molar refractivity (Wildman–Crippen MR) is 112 cm³/mol. The maximum atomic E-state index is 12.2. The Bertz CT molecular complexity index is 651. The Kier molecular flexibility index (Phi) is 7.61. The third-order valence-electron chi connectivity index (χ3n) is 5.77. The number of nitrogens with one attached hydrogen (secondary N) is 1. The first-order valence-corrected chi connectivity index (χ1v) is 10.9. The van der Waals surface area contributed by atoms with Gasteiger partial charge in [-0.1, -0.05) is 36.9 Å². The van der Waals surface area contributed by atoms with Gasteiger partial charge in [-0.05, 0) is 62.9 Å². The van der Waals surface area contributed by atoms with E-state index < -0.39 is 5.60 Å². The van der Waals surface area contributed by atoms with Gasteiger partial charge >= 0.3 is 0 Å². The second kappa shape index (κ2) is 9.95. The number of likely N-dealkylation sites (tertiary alicyclic amines) is 1. The molecule has 6 heteroatoms. The number of rotatable bonds is 9. The molecule has 1 aromatic carbocycles. The first-order chi connectivity index (χ1) is 13.4. The summed E-state index contributed by atoms with van der Waals surface area (Å²) in [7, 11) is 0. The highest BCUT2D eigenvalue weighted by Crippen LogP contribution is 2.26. The number of ether oxygens (including phenoxy) is 1. The highest BCUT2D eigenvalue weighted by Gasteiger charge is 2.39. The van der Waals surface area contributed by atoms with Crippen molar-refractivity contribution in [1.82, 2.24) is 10.2 Å². The number of hydrogen-bond acceptors (Lipinski definition) is 4. The molecule has 0 aliphatic carbocycles. The predicted octanol–water partition coefficient (Wildman–Crippen LogP) is 3.41. The molecule has 2 fully saturated rings. The van der Waals surface area contributed by atoms with E-state index in [1.54, 1.807) is 17.9 Å². The first kappa shape index (κ1) is 21.4. The van der Waals surface area contributed by atoms with Crippen LogP contribution in [0.5, 0.6) is 5.75 Å². The SMILES string of the molecule is CC1(O)CN(C(=O)Cc2ccc(OCCCCCC3CCNCC3)cc2Cl)C1. The van der Waals surface area contributed by atoms with Crippen LogP contribution in [0, 0.1) is 5.92 Å². The van der Waals surface area contributed by atoms with E-state index in [1.807, 2.05) is 12.1 Å². The van der Waals surface area contributed by atoms with Crippen molar-refractivity contribution in [2.75, 3.05) is 32.8 Å². The second-order valence-electron chi connectivity index (χ2n) is 8.57. The molecule has 28 heavy (non-hydrogen) atoms. The number of carbonyl (C=O) groups is 1. The van der Waals surface area contributed by atoms with Gasteiger partial charge in [0.1, 0.15) is 5.75 Å². The van der Waals surface area contributed by atoms with Gasteiger partial charge in [0, 0.05) is 5.02 Å². The van der Waals surface area contributed by atoms with Crippen LogP contribution in [0.2, 0.25) is 5.02 Å². The van der Waals surface area contributed by atoms with E-state index in [4.69, 9.17) is 16.3 Å². The molecule has 0 spiro atoms. The summed E-state index contributed by atoms with van der Waals surface area (Å²) in [5.41, 5.74) is 0.0534. The molecule has 2 N–H and O–H groups in total. The van der Waals surface area contributed by atoms with E-state index in [0.717, 1.165) is 23.7 Å². The summed E-state index contributed by atoms with van der Waals surface area (Å²) < 4.78 is 5.82. The van der Waals surface area contributed by atoms with E-state index in [0.29, 0.717) is 24.7 Å². The molecule has 2 aliphatic heterocycles. The van der Waals surface area contributed by atoms with Crippen molar-refractivity contribution in [3.8, 4) is 5.75 Å². The zero-order valence-corrected chi connectivity index (χ0v) is 17.6. The van der Waals surface area contributed by atoms with Crippen molar-refractivity contribution in [2.24, 2.45) is 5.92 Å². The van der Waals surface area contributed by atoms with Gasteiger partial charge in [-0.2, -0.15) is 0 Å². The van der Waals surface area contributed by atoms with E-state index >= 15 is 0 Å². The minimum Gasteiger partial charge on any atom is -0.494 e. The zero-order chi connectivity index (χ0) is 20.0. The van der Waals surface area contributed by atoms with Crippen LogP contribution >= 0.6 is 11.6 Å². The maximum absolute atomic E-state index is 12.2. The number of benzene rings is 1. The van der Waals surface area contributed by atoms with Crippen molar-refractivity contribution in [3.05, 3.63) is 28.8 Å². The molecule has 156 valence electrons. The lowest BCUT2D eigenvalue weighted by molar-refractivity contribution is -0.151. The first-order valence-electron chi connectivity index (χ1n) is 10.5. The maximum Gasteiger partial charge on any atom is 0.227 e. The second-order valence-corrected chi connectivity index (χ2v) is 8.98. The van der Waals surface area contributed by atoms with Gasteiger partial charge in [0.15, 0.2) is 0 Å². The third kappa shape index (κ3) is 6.36. The number of β-amino-alcohol motifs (C(OH)–C–C–N with tert-alkyl or cyclic N) is 1. The summed E-state index contributed by atoms with van der Waals surface area (Å²) in [5, 5.41) is 13.7. The fourth-order valence-electron chi connectivity index (χ4n) is 4.06. The van der Waals surface area contributed by atoms with Gasteiger partial charge in [0.05, 0.1) is 31.7 Å². The molecular weight excluding hydrogens is 376 g/mol. The Balaban J connectivity index is 1.33. The van der Waals surface area contributed by atoms with Crippen LogP contribution in [-0.2, 0) is 11.2 Å². The normalized spacial score (nSPS) is 19.3. The van der Waals surface area contributed by atoms with Crippen LogP contribution in [0.25, 0.3) is 0 Å². The van der Waals surface area contributed by atoms with Gasteiger partial charge in [-0.15, -0.1) is 0 Å². The highest BCUT2D eigenvalue weighted by molar-refractivity contribution is 6.31. The Labute approximate surface area is 173 Å². The van der Waals surface area contributed by atoms with Crippen molar-refractivity contribution in [2.45, 2.75) is 57.5 Å². The summed E-state index contributed by atoms with van der Waals surface area (Å²) in [5.74, 6) is 1.65. The van der Waals surface area contributed by atoms with Crippen LogP contribution in [0.3, 0.4) is 0 Å². The van der Waals surface area contributed by atoms with Gasteiger partial charge in [-0.3, -0.25) is 4.79 Å². The van der Waals surface area contributed by atoms with Crippen LogP contribution in [0.15, 0.2) is 18.2 Å². The van der Waals surface area contributed by atoms with Gasteiger partial charge < -0.3 is 20.1 Å². The van der Waals surface area contributed by atoms with Crippen LogP contribution in [0.4, 0.5) is 0 Å². The monoisotopic (exact) mass is 408 g/mol. The fraction of sp³-hybridized carbons (Fsp3) is 0.682. The summed E-state index contributed by atoms with van der Waals surface area (Å²) in [6.07, 6.45) is 7.76. The number of piperidine rings is 1. The average molecular weight is 409 g/mol. The summed E-state index contributed by atoms with van der Waals surface area (Å²) in [4.78, 5) is 13.9. The van der Waals surface area contributed by atoms with Gasteiger partial charge in [-0.25, -0.2) is 0 Å². The molecule has 0 unspecified atom stereocenters. The lowest BCUT2D eigenvalue weighted by Gasteiger charge is -2.44. The van der Waals surface area contributed by atoms with E-state index in [2.05, 4.69) is 5.32 Å². The number of hydrogen-bond donors (Lipinski definition) is 2. The zero-order valence-electron chi connectivity index (χ0n) is 16.9. The summed E-state index contributed by atoms with van der Waals surface area (Å²) in [6, 6.07) is 5.55. The molecule has 0 bridgehead atoms. The molecule has 3 rings (SSSR count). The van der Waals surface area contributed by atoms with Crippen LogP contribution in [0.1, 0.15) is 51.0 Å². The standard InChI is InChI=1S/C22H33ClN2O3/c1-22(27)15-25(16-22)21(26)13-18-6-7-19(14-20(18)23)28-12-4-2-3-5-17-8-10-24-11-9-17/h6-7,14,17,24,27H,2-5,8-13,15-16H2,1H3. The average Bonchev–Trinajstić information content (AvgIpc) is 2.65. The van der Waals surface area contributed by atoms with Crippen molar-refractivity contribution in [1.29, 1.82) is 0 Å². The minimum absolute atomic E-state index is 0.00385. The third-order valence-corrected chi connectivity index (χ3v) is 6.12. The molecule has 2 aliphatic rings. The van der Waals surface area contributed by atoms with Crippen molar-refractivity contribution >= 4 is 17.5 Å². The number of carbonyl (C=O) groups excluding carboxylic acids is 1. The largest absolute Gasteiger partial charge is 0.494 e. The van der Waals surface area contributed by atoms with Crippen LogP contribution in [-0.4, -0.2) is 54.3 Å². The Morgan fingerprint density at radius 2 is 2.04 bits per heavy atom. The molecule has 0 radical (unpaired) electrons.